The van der Waals surface area contributed by atoms with E-state index >= 15 is 0 Å². The molecule has 2 fully saturated rings. The van der Waals surface area contributed by atoms with Gasteiger partial charge in [-0.25, -0.2) is 0 Å². The molecule has 5 N–H and O–H groups in total. The Labute approximate surface area is 136 Å². The van der Waals surface area contributed by atoms with Crippen molar-refractivity contribution in [3.8, 4) is 0 Å². The van der Waals surface area contributed by atoms with Crippen LogP contribution < -0.4 is 0 Å². The molecule has 0 aromatic heterocycles. The fourth-order valence-electron chi connectivity index (χ4n) is 3.28. The minimum Gasteiger partial charge on any atom is -0.394 e. The van der Waals surface area contributed by atoms with Crippen molar-refractivity contribution in [3.63, 3.8) is 0 Å². The first kappa shape index (κ1) is 18.8. The van der Waals surface area contributed by atoms with E-state index in [2.05, 4.69) is 6.58 Å². The van der Waals surface area contributed by atoms with Gasteiger partial charge in [0.15, 0.2) is 6.29 Å². The Kier molecular flexibility index (Phi) is 5.84. The van der Waals surface area contributed by atoms with Crippen LogP contribution in [0.3, 0.4) is 0 Å². The van der Waals surface area contributed by atoms with Gasteiger partial charge in [0.25, 0.3) is 0 Å². The van der Waals surface area contributed by atoms with Crippen LogP contribution in [0.1, 0.15) is 33.1 Å². The molecule has 23 heavy (non-hydrogen) atoms. The zero-order chi connectivity index (χ0) is 17.4. The Morgan fingerprint density at radius 3 is 2.39 bits per heavy atom. The summed E-state index contributed by atoms with van der Waals surface area (Å²) >= 11 is 0. The molecule has 0 radical (unpaired) electrons. The van der Waals surface area contributed by atoms with Gasteiger partial charge in [0, 0.05) is 0 Å². The van der Waals surface area contributed by atoms with Crippen molar-refractivity contribution in [1.82, 2.24) is 0 Å². The first-order valence-electron chi connectivity index (χ1n) is 8.01. The number of hydrogen-bond acceptors (Lipinski definition) is 7. The molecule has 2 aliphatic rings. The third-order valence-electron chi connectivity index (χ3n) is 5.13. The summed E-state index contributed by atoms with van der Waals surface area (Å²) in [4.78, 5) is 0. The summed E-state index contributed by atoms with van der Waals surface area (Å²) in [6, 6.07) is 0. The number of rotatable bonds is 4. The van der Waals surface area contributed by atoms with Gasteiger partial charge in [-0.2, -0.15) is 0 Å². The summed E-state index contributed by atoms with van der Waals surface area (Å²) in [7, 11) is 0. The van der Waals surface area contributed by atoms with E-state index in [4.69, 9.17) is 9.47 Å². The van der Waals surface area contributed by atoms with Gasteiger partial charge in [0.05, 0.1) is 18.3 Å². The third kappa shape index (κ3) is 3.76. The van der Waals surface area contributed by atoms with Gasteiger partial charge in [-0.05, 0) is 39.0 Å². The number of aliphatic hydroxyl groups is 5. The number of ether oxygens (including phenoxy) is 2. The lowest BCUT2D eigenvalue weighted by atomic mass is 9.75. The lowest BCUT2D eigenvalue weighted by Crippen LogP contribution is -2.62. The number of hydrogen-bond donors (Lipinski definition) is 5. The zero-order valence-corrected chi connectivity index (χ0v) is 13.6. The van der Waals surface area contributed by atoms with E-state index in [9.17, 15) is 25.5 Å². The predicted molar refractivity (Wildman–Crippen MR) is 81.4 cm³/mol. The van der Waals surface area contributed by atoms with E-state index in [0.29, 0.717) is 12.8 Å². The largest absolute Gasteiger partial charge is 0.394 e. The molecule has 1 saturated carbocycles. The van der Waals surface area contributed by atoms with Crippen molar-refractivity contribution >= 4 is 0 Å². The van der Waals surface area contributed by atoms with Gasteiger partial charge >= 0.3 is 0 Å². The summed E-state index contributed by atoms with van der Waals surface area (Å²) in [5, 5.41) is 49.3. The molecule has 1 aliphatic heterocycles. The monoisotopic (exact) mass is 332 g/mol. The Morgan fingerprint density at radius 2 is 1.87 bits per heavy atom. The van der Waals surface area contributed by atoms with Crippen LogP contribution in [-0.4, -0.2) is 74.6 Å². The molecule has 0 aromatic carbocycles. The Bertz CT molecular complexity index is 427. The van der Waals surface area contributed by atoms with Crippen molar-refractivity contribution in [1.29, 1.82) is 0 Å². The van der Waals surface area contributed by atoms with Gasteiger partial charge < -0.3 is 35.0 Å². The van der Waals surface area contributed by atoms with Gasteiger partial charge in [0.1, 0.15) is 24.4 Å². The van der Waals surface area contributed by atoms with Crippen LogP contribution in [0.4, 0.5) is 0 Å². The highest BCUT2D eigenvalue weighted by molar-refractivity contribution is 5.04. The second kappa shape index (κ2) is 7.14. The quantitative estimate of drug-likeness (QED) is 0.432. The highest BCUT2D eigenvalue weighted by atomic mass is 16.7. The molecule has 1 saturated heterocycles. The normalized spacial score (nSPS) is 48.2. The van der Waals surface area contributed by atoms with Crippen LogP contribution in [0.2, 0.25) is 0 Å². The van der Waals surface area contributed by atoms with Crippen LogP contribution in [-0.2, 0) is 9.47 Å². The van der Waals surface area contributed by atoms with E-state index in [1.54, 1.807) is 6.92 Å². The van der Waals surface area contributed by atoms with Crippen LogP contribution >= 0.6 is 0 Å². The topological polar surface area (TPSA) is 120 Å². The fraction of sp³-hybridized carbons (Fsp3) is 0.875. The van der Waals surface area contributed by atoms with E-state index < -0.39 is 49.0 Å². The van der Waals surface area contributed by atoms with Crippen molar-refractivity contribution < 1.29 is 35.0 Å². The molecule has 7 heteroatoms. The summed E-state index contributed by atoms with van der Waals surface area (Å²) < 4.78 is 11.1. The molecule has 8 atom stereocenters. The van der Waals surface area contributed by atoms with E-state index in [-0.39, 0.29) is 5.92 Å². The lowest BCUT2D eigenvalue weighted by molar-refractivity contribution is -0.337. The fourth-order valence-corrected chi connectivity index (χ4v) is 3.28. The first-order chi connectivity index (χ1) is 10.7. The number of allylic oxidation sites excluding steroid dienone is 1. The van der Waals surface area contributed by atoms with Gasteiger partial charge in [-0.15, -0.1) is 0 Å². The summed E-state index contributed by atoms with van der Waals surface area (Å²) in [5.41, 5.74) is 0.0681. The Morgan fingerprint density at radius 1 is 1.22 bits per heavy atom. The molecule has 0 spiro atoms. The lowest BCUT2D eigenvalue weighted by Gasteiger charge is -2.47. The van der Waals surface area contributed by atoms with Crippen molar-refractivity contribution in [2.45, 2.75) is 75.5 Å². The van der Waals surface area contributed by atoms with E-state index in [1.807, 2.05) is 6.92 Å². The molecule has 0 bridgehead atoms. The molecule has 2 rings (SSSR count). The second-order valence-corrected chi connectivity index (χ2v) is 6.96. The molecular formula is C16H28O7. The van der Waals surface area contributed by atoms with Crippen LogP contribution in [0.15, 0.2) is 12.2 Å². The molecule has 0 amide bonds. The SMILES string of the molecule is C=C(C)[C@@H]1CC[C@](C)(O[C@@H]2O[C@H](CO)[C@@H](O)[C@H](O)[C@H]2O)[C@@H](O)C1. The molecule has 1 heterocycles. The molecular weight excluding hydrogens is 304 g/mol. The summed E-state index contributed by atoms with van der Waals surface area (Å²) in [6.07, 6.45) is -5.56. The van der Waals surface area contributed by atoms with Crippen LogP contribution in [0.25, 0.3) is 0 Å². The maximum Gasteiger partial charge on any atom is 0.187 e. The molecule has 0 unspecified atom stereocenters. The van der Waals surface area contributed by atoms with Gasteiger partial charge in [0.2, 0.25) is 0 Å². The first-order valence-corrected chi connectivity index (χ1v) is 8.01. The Balaban J connectivity index is 2.06. The van der Waals surface area contributed by atoms with Gasteiger partial charge in [-0.3, -0.25) is 0 Å². The third-order valence-corrected chi connectivity index (χ3v) is 5.13. The average molecular weight is 332 g/mol. The van der Waals surface area contributed by atoms with Gasteiger partial charge in [-0.1, -0.05) is 12.2 Å². The standard InChI is InChI=1S/C16H28O7/c1-8(2)9-4-5-16(3,11(18)6-9)23-15-14(21)13(20)12(19)10(7-17)22-15/h9-15,17-21H,1,4-7H2,2-3H3/t9-,10-,11+,12-,13+,14-,15+,16+/m1/s1. The minimum atomic E-state index is -1.49. The number of aliphatic hydroxyl groups excluding tert-OH is 5. The predicted octanol–water partition coefficient (Wildman–Crippen LogP) is -0.701. The van der Waals surface area contributed by atoms with Crippen LogP contribution in [0, 0.1) is 5.92 Å². The molecule has 134 valence electrons. The maximum atomic E-state index is 10.4. The molecule has 1 aliphatic carbocycles. The zero-order valence-electron chi connectivity index (χ0n) is 13.6. The van der Waals surface area contributed by atoms with E-state index in [0.717, 1.165) is 12.0 Å². The average Bonchev–Trinajstić information content (AvgIpc) is 2.50. The molecule has 7 nitrogen and oxygen atoms in total. The van der Waals surface area contributed by atoms with Crippen molar-refractivity contribution in [3.05, 3.63) is 12.2 Å². The van der Waals surface area contributed by atoms with Crippen molar-refractivity contribution in [2.75, 3.05) is 6.61 Å². The summed E-state index contributed by atoms with van der Waals surface area (Å²) in [6.45, 7) is 7.07. The molecule has 0 aromatic rings. The highest BCUT2D eigenvalue weighted by Gasteiger charge is 2.49. The Hall–Kier alpha value is -0.540. The highest BCUT2D eigenvalue weighted by Crippen LogP contribution is 2.39. The smallest absolute Gasteiger partial charge is 0.187 e. The minimum absolute atomic E-state index is 0.219. The van der Waals surface area contributed by atoms with Crippen molar-refractivity contribution in [2.24, 2.45) is 5.92 Å². The second-order valence-electron chi connectivity index (χ2n) is 6.96. The van der Waals surface area contributed by atoms with E-state index in [1.165, 1.54) is 0 Å². The van der Waals surface area contributed by atoms with Crippen LogP contribution in [0.5, 0.6) is 0 Å². The maximum absolute atomic E-state index is 10.4. The summed E-state index contributed by atoms with van der Waals surface area (Å²) in [5.74, 6) is 0.219.